The zero-order valence-electron chi connectivity index (χ0n) is 11.7. The largest absolute Gasteiger partial charge is 0.478 e. The van der Waals surface area contributed by atoms with Crippen LogP contribution in [0.4, 0.5) is 5.69 Å². The van der Waals surface area contributed by atoms with Gasteiger partial charge in [-0.1, -0.05) is 29.3 Å². The average Bonchev–Trinajstić information content (AvgIpc) is 2.45. The maximum Gasteiger partial charge on any atom is 0.328 e. The molecular formula is C16H20BrNO2. The molecule has 1 aromatic carbocycles. The molecule has 0 unspecified atom stereocenters. The molecule has 0 amide bonds. The van der Waals surface area contributed by atoms with Crippen LogP contribution in [-0.4, -0.2) is 24.2 Å². The molecule has 0 atom stereocenters. The van der Waals surface area contributed by atoms with E-state index in [0.717, 1.165) is 34.7 Å². The van der Waals surface area contributed by atoms with E-state index in [1.165, 1.54) is 25.3 Å². The zero-order valence-corrected chi connectivity index (χ0v) is 13.3. The fraction of sp³-hybridized carbons (Fsp3) is 0.438. The fourth-order valence-corrected chi connectivity index (χ4v) is 3.07. The third-order valence-corrected chi connectivity index (χ3v) is 4.42. The van der Waals surface area contributed by atoms with Crippen molar-refractivity contribution in [2.75, 3.05) is 18.0 Å². The molecule has 1 heterocycles. The lowest BCUT2D eigenvalue weighted by Gasteiger charge is -2.34. The van der Waals surface area contributed by atoms with Crippen molar-refractivity contribution in [2.45, 2.75) is 26.2 Å². The highest BCUT2D eigenvalue weighted by Crippen LogP contribution is 2.30. The second-order valence-electron chi connectivity index (χ2n) is 5.21. The minimum atomic E-state index is -0.916. The van der Waals surface area contributed by atoms with Crippen molar-refractivity contribution in [2.24, 2.45) is 5.92 Å². The monoisotopic (exact) mass is 337 g/mol. The molecule has 2 rings (SSSR count). The molecule has 1 aliphatic rings. The van der Waals surface area contributed by atoms with Crippen LogP contribution >= 0.6 is 15.9 Å². The molecule has 1 aromatic rings. The van der Waals surface area contributed by atoms with Crippen molar-refractivity contribution in [3.63, 3.8) is 0 Å². The second-order valence-corrected chi connectivity index (χ2v) is 6.13. The summed E-state index contributed by atoms with van der Waals surface area (Å²) in [6.07, 6.45) is 6.56. The van der Waals surface area contributed by atoms with Crippen molar-refractivity contribution in [1.82, 2.24) is 0 Å². The summed E-state index contributed by atoms with van der Waals surface area (Å²) in [7, 11) is 0. The van der Waals surface area contributed by atoms with Crippen LogP contribution in [0, 0.1) is 5.92 Å². The van der Waals surface area contributed by atoms with Gasteiger partial charge in [-0.15, -0.1) is 0 Å². The van der Waals surface area contributed by atoms with Crippen LogP contribution < -0.4 is 4.90 Å². The van der Waals surface area contributed by atoms with E-state index < -0.39 is 5.97 Å². The summed E-state index contributed by atoms with van der Waals surface area (Å²) in [5.41, 5.74) is 2.08. The summed E-state index contributed by atoms with van der Waals surface area (Å²) in [4.78, 5) is 13.1. The normalized spacial score (nSPS) is 16.8. The molecule has 1 fully saturated rings. The number of piperidine rings is 1. The lowest BCUT2D eigenvalue weighted by molar-refractivity contribution is -0.131. The Bertz CT molecular complexity index is 505. The number of hydrogen-bond acceptors (Lipinski definition) is 2. The first-order valence-electron chi connectivity index (χ1n) is 7.05. The van der Waals surface area contributed by atoms with Gasteiger partial charge in [0.05, 0.1) is 0 Å². The Balaban J connectivity index is 2.20. The van der Waals surface area contributed by atoms with Crippen LogP contribution in [0.1, 0.15) is 31.7 Å². The van der Waals surface area contributed by atoms with E-state index in [0.29, 0.717) is 0 Å². The van der Waals surface area contributed by atoms with E-state index in [-0.39, 0.29) is 0 Å². The van der Waals surface area contributed by atoms with Gasteiger partial charge in [-0.25, -0.2) is 4.79 Å². The van der Waals surface area contributed by atoms with E-state index in [4.69, 9.17) is 5.11 Å². The topological polar surface area (TPSA) is 40.5 Å². The summed E-state index contributed by atoms with van der Waals surface area (Å²) >= 11 is 3.45. The molecule has 0 aromatic heterocycles. The first-order valence-corrected chi connectivity index (χ1v) is 7.85. The smallest absolute Gasteiger partial charge is 0.328 e. The highest BCUT2D eigenvalue weighted by atomic mass is 79.9. The summed E-state index contributed by atoms with van der Waals surface area (Å²) in [5.74, 6) is -0.0830. The Morgan fingerprint density at radius 3 is 2.75 bits per heavy atom. The third kappa shape index (κ3) is 3.85. The first-order chi connectivity index (χ1) is 9.60. The summed E-state index contributed by atoms with van der Waals surface area (Å²) in [5, 5.41) is 8.80. The number of carbonyl (C=O) groups is 1. The van der Waals surface area contributed by atoms with E-state index in [1.807, 2.05) is 12.1 Å². The second kappa shape index (κ2) is 6.93. The van der Waals surface area contributed by atoms with Crippen molar-refractivity contribution >= 4 is 33.7 Å². The average molecular weight is 338 g/mol. The van der Waals surface area contributed by atoms with Crippen LogP contribution in [0.2, 0.25) is 0 Å². The van der Waals surface area contributed by atoms with Crippen LogP contribution in [0.15, 0.2) is 28.7 Å². The van der Waals surface area contributed by atoms with Gasteiger partial charge in [-0.2, -0.15) is 0 Å². The van der Waals surface area contributed by atoms with E-state index >= 15 is 0 Å². The SMILES string of the molecule is CCC1CCN(c2ccc(Br)cc2/C=C/C(=O)O)CC1. The van der Waals surface area contributed by atoms with Crippen LogP contribution in [0.5, 0.6) is 0 Å². The van der Waals surface area contributed by atoms with Crippen LogP contribution in [0.25, 0.3) is 6.08 Å². The molecule has 1 N–H and O–H groups in total. The Labute approximate surface area is 128 Å². The summed E-state index contributed by atoms with van der Waals surface area (Å²) < 4.78 is 0.967. The standard InChI is InChI=1S/C16H20BrNO2/c1-2-12-7-9-18(10-8-12)15-5-4-14(17)11-13(15)3-6-16(19)20/h3-6,11-12H,2,7-10H2,1H3,(H,19,20)/b6-3+. The first kappa shape index (κ1) is 15.1. The summed E-state index contributed by atoms with van der Waals surface area (Å²) in [6.45, 7) is 4.35. The number of carboxylic acids is 1. The third-order valence-electron chi connectivity index (χ3n) is 3.93. The predicted molar refractivity (Wildman–Crippen MR) is 86.0 cm³/mol. The van der Waals surface area contributed by atoms with Crippen LogP contribution in [-0.2, 0) is 4.79 Å². The molecule has 0 saturated carbocycles. The van der Waals surface area contributed by atoms with Crippen molar-refractivity contribution in [3.8, 4) is 0 Å². The van der Waals surface area contributed by atoms with Gasteiger partial charge in [0.15, 0.2) is 0 Å². The molecule has 108 valence electrons. The number of rotatable bonds is 4. The van der Waals surface area contributed by atoms with Gasteiger partial charge in [-0.05, 0) is 48.6 Å². The minimum absolute atomic E-state index is 0.833. The number of aliphatic carboxylic acids is 1. The molecule has 3 nitrogen and oxygen atoms in total. The molecule has 0 radical (unpaired) electrons. The lowest BCUT2D eigenvalue weighted by atomic mass is 9.93. The number of halogens is 1. The molecule has 1 saturated heterocycles. The maximum atomic E-state index is 10.7. The van der Waals surface area contributed by atoms with Crippen molar-refractivity contribution in [1.29, 1.82) is 0 Å². The van der Waals surface area contributed by atoms with Gasteiger partial charge in [0.2, 0.25) is 0 Å². The molecule has 0 aliphatic carbocycles. The lowest BCUT2D eigenvalue weighted by Crippen LogP contribution is -2.33. The van der Waals surface area contributed by atoms with E-state index in [2.05, 4.69) is 33.8 Å². The molecule has 0 spiro atoms. The molecule has 4 heteroatoms. The molecule has 1 aliphatic heterocycles. The Hall–Kier alpha value is -1.29. The highest BCUT2D eigenvalue weighted by molar-refractivity contribution is 9.10. The number of hydrogen-bond donors (Lipinski definition) is 1. The fourth-order valence-electron chi connectivity index (χ4n) is 2.69. The number of carboxylic acid groups (broad SMARTS) is 1. The molecule has 20 heavy (non-hydrogen) atoms. The Morgan fingerprint density at radius 2 is 2.15 bits per heavy atom. The van der Waals surface area contributed by atoms with Gasteiger partial charge in [0, 0.05) is 29.3 Å². The van der Waals surface area contributed by atoms with Gasteiger partial charge in [-0.3, -0.25) is 0 Å². The minimum Gasteiger partial charge on any atom is -0.478 e. The predicted octanol–water partition coefficient (Wildman–Crippen LogP) is 4.17. The Morgan fingerprint density at radius 1 is 1.45 bits per heavy atom. The number of benzene rings is 1. The van der Waals surface area contributed by atoms with Crippen LogP contribution in [0.3, 0.4) is 0 Å². The van der Waals surface area contributed by atoms with Crippen molar-refractivity contribution in [3.05, 3.63) is 34.3 Å². The Kier molecular flexibility index (Phi) is 5.24. The maximum absolute atomic E-state index is 10.7. The molecular weight excluding hydrogens is 318 g/mol. The number of nitrogens with zero attached hydrogens (tertiary/aromatic N) is 1. The zero-order chi connectivity index (χ0) is 14.5. The van der Waals surface area contributed by atoms with E-state index in [1.54, 1.807) is 6.08 Å². The molecule has 0 bridgehead atoms. The van der Waals surface area contributed by atoms with Gasteiger partial charge in [0.25, 0.3) is 0 Å². The summed E-state index contributed by atoms with van der Waals surface area (Å²) in [6, 6.07) is 6.05. The van der Waals surface area contributed by atoms with Crippen molar-refractivity contribution < 1.29 is 9.90 Å². The van der Waals surface area contributed by atoms with Gasteiger partial charge >= 0.3 is 5.97 Å². The number of anilines is 1. The van der Waals surface area contributed by atoms with Gasteiger partial charge in [0.1, 0.15) is 0 Å². The van der Waals surface area contributed by atoms with E-state index in [9.17, 15) is 4.79 Å². The highest BCUT2D eigenvalue weighted by Gasteiger charge is 2.19. The van der Waals surface area contributed by atoms with Gasteiger partial charge < -0.3 is 10.0 Å². The quantitative estimate of drug-likeness (QED) is 0.838.